The largest absolute Gasteiger partial charge is 0.382 e. The first-order chi connectivity index (χ1) is 10.2. The van der Waals surface area contributed by atoms with Crippen LogP contribution in [0, 0.1) is 0 Å². The number of aryl methyl sites for hydroxylation is 1. The van der Waals surface area contributed by atoms with Crippen LogP contribution in [0.3, 0.4) is 0 Å². The summed E-state index contributed by atoms with van der Waals surface area (Å²) in [6.07, 6.45) is 3.51. The van der Waals surface area contributed by atoms with Crippen LogP contribution < -0.4 is 5.32 Å². The van der Waals surface area contributed by atoms with Gasteiger partial charge in [0.2, 0.25) is 0 Å². The third kappa shape index (κ3) is 3.51. The predicted molar refractivity (Wildman–Crippen MR) is 97.0 cm³/mol. The highest BCUT2D eigenvalue weighted by molar-refractivity contribution is 9.10. The van der Waals surface area contributed by atoms with E-state index in [0.717, 1.165) is 15.4 Å². The summed E-state index contributed by atoms with van der Waals surface area (Å²) in [6, 6.07) is 15.9. The number of hydrogen-bond donors (Lipinski definition) is 1. The molecule has 1 aliphatic carbocycles. The van der Waals surface area contributed by atoms with Crippen molar-refractivity contribution in [3.05, 3.63) is 62.5 Å². The molecule has 1 fully saturated rings. The summed E-state index contributed by atoms with van der Waals surface area (Å²) in [5.41, 5.74) is 4.14. The molecule has 0 bridgehead atoms. The monoisotopic (exact) mass is 407 g/mol. The Morgan fingerprint density at radius 3 is 2.33 bits per heavy atom. The highest BCUT2D eigenvalue weighted by Crippen LogP contribution is 2.39. The van der Waals surface area contributed by atoms with Crippen LogP contribution in [-0.2, 0) is 6.42 Å². The molecule has 3 heteroatoms. The van der Waals surface area contributed by atoms with Crippen LogP contribution >= 0.6 is 31.9 Å². The Bertz CT molecular complexity index is 616. The van der Waals surface area contributed by atoms with Gasteiger partial charge >= 0.3 is 0 Å². The molecular weight excluding hydrogens is 390 g/mol. The first-order valence-corrected chi connectivity index (χ1v) is 9.04. The van der Waals surface area contributed by atoms with Crippen LogP contribution in [0.4, 0.5) is 5.69 Å². The van der Waals surface area contributed by atoms with Gasteiger partial charge in [0.1, 0.15) is 0 Å². The summed E-state index contributed by atoms with van der Waals surface area (Å²) in [5.74, 6) is 0.705. The second kappa shape index (κ2) is 6.53. The van der Waals surface area contributed by atoms with Crippen LogP contribution in [0.2, 0.25) is 0 Å². The van der Waals surface area contributed by atoms with E-state index in [9.17, 15) is 0 Å². The molecule has 0 spiro atoms. The molecule has 0 heterocycles. The van der Waals surface area contributed by atoms with Gasteiger partial charge in [0.05, 0.1) is 0 Å². The fourth-order valence-electron chi connectivity index (χ4n) is 2.96. The number of benzene rings is 2. The molecule has 0 aliphatic heterocycles. The maximum absolute atomic E-state index is 3.71. The number of nitrogens with one attached hydrogen (secondary N) is 1. The van der Waals surface area contributed by atoms with Gasteiger partial charge in [0, 0.05) is 20.7 Å². The van der Waals surface area contributed by atoms with Crippen molar-refractivity contribution in [1.82, 2.24) is 0 Å². The molecule has 0 radical (unpaired) electrons. The van der Waals surface area contributed by atoms with Crippen LogP contribution in [0.25, 0.3) is 0 Å². The van der Waals surface area contributed by atoms with E-state index in [1.165, 1.54) is 29.7 Å². The Morgan fingerprint density at radius 2 is 1.67 bits per heavy atom. The Balaban J connectivity index is 1.61. The minimum Gasteiger partial charge on any atom is -0.382 e. The average molecular weight is 409 g/mol. The zero-order chi connectivity index (χ0) is 14.8. The quantitative estimate of drug-likeness (QED) is 0.641. The van der Waals surface area contributed by atoms with Crippen molar-refractivity contribution in [2.45, 2.75) is 38.1 Å². The molecule has 3 rings (SSSR count). The molecule has 0 saturated heterocycles. The molecule has 2 aromatic rings. The lowest BCUT2D eigenvalue weighted by molar-refractivity contribution is 0.374. The molecule has 1 aliphatic rings. The Kier molecular flexibility index (Phi) is 4.70. The summed E-state index contributed by atoms with van der Waals surface area (Å²) < 4.78 is 2.31. The molecule has 1 saturated carbocycles. The minimum atomic E-state index is 0.602. The minimum absolute atomic E-state index is 0.602. The van der Waals surface area contributed by atoms with Gasteiger partial charge in [-0.2, -0.15) is 0 Å². The summed E-state index contributed by atoms with van der Waals surface area (Å²) in [7, 11) is 0. The fraction of sp³-hybridized carbons (Fsp3) is 0.333. The molecule has 0 atom stereocenters. The molecule has 0 amide bonds. The van der Waals surface area contributed by atoms with Crippen LogP contribution in [-0.4, -0.2) is 6.04 Å². The number of halogens is 2. The van der Waals surface area contributed by atoms with E-state index in [1.54, 1.807) is 0 Å². The van der Waals surface area contributed by atoms with Gasteiger partial charge in [-0.15, -0.1) is 0 Å². The van der Waals surface area contributed by atoms with Crippen molar-refractivity contribution in [3.8, 4) is 0 Å². The molecule has 0 unspecified atom stereocenters. The summed E-state index contributed by atoms with van der Waals surface area (Å²) in [4.78, 5) is 0. The second-order valence-electron chi connectivity index (χ2n) is 5.72. The Labute approximate surface area is 143 Å². The molecule has 110 valence electrons. The molecular formula is C18H19Br2N. The zero-order valence-corrected chi connectivity index (χ0v) is 15.2. The topological polar surface area (TPSA) is 12.0 Å². The van der Waals surface area contributed by atoms with Gasteiger partial charge in [-0.25, -0.2) is 0 Å². The summed E-state index contributed by atoms with van der Waals surface area (Å²) in [5, 5.41) is 3.71. The standard InChI is InChI=1S/C18H19Br2N/c1-2-12-9-16(20)7-8-18(12)21-17-10-14(11-17)13-3-5-15(19)6-4-13/h3-9,14,17,21H,2,10-11H2,1H3. The lowest BCUT2D eigenvalue weighted by atomic mass is 9.76. The highest BCUT2D eigenvalue weighted by Gasteiger charge is 2.30. The zero-order valence-electron chi connectivity index (χ0n) is 12.1. The maximum atomic E-state index is 3.71. The van der Waals surface area contributed by atoms with Gasteiger partial charge in [0.25, 0.3) is 0 Å². The lowest BCUT2D eigenvalue weighted by Crippen LogP contribution is -2.34. The van der Waals surface area contributed by atoms with Gasteiger partial charge in [-0.05, 0) is 66.6 Å². The Hall–Kier alpha value is -0.800. The van der Waals surface area contributed by atoms with E-state index in [2.05, 4.69) is 86.6 Å². The van der Waals surface area contributed by atoms with Crippen molar-refractivity contribution in [2.24, 2.45) is 0 Å². The summed E-state index contributed by atoms with van der Waals surface area (Å²) >= 11 is 7.04. The van der Waals surface area contributed by atoms with Crippen molar-refractivity contribution in [3.63, 3.8) is 0 Å². The van der Waals surface area contributed by atoms with E-state index in [4.69, 9.17) is 0 Å². The first-order valence-electron chi connectivity index (χ1n) is 7.46. The normalized spacial score (nSPS) is 20.9. The van der Waals surface area contributed by atoms with E-state index < -0.39 is 0 Å². The van der Waals surface area contributed by atoms with E-state index in [-0.39, 0.29) is 0 Å². The van der Waals surface area contributed by atoms with E-state index in [0.29, 0.717) is 12.0 Å². The number of anilines is 1. The molecule has 0 aromatic heterocycles. The molecule has 1 nitrogen and oxygen atoms in total. The lowest BCUT2D eigenvalue weighted by Gasteiger charge is -2.37. The van der Waals surface area contributed by atoms with Crippen LogP contribution in [0.15, 0.2) is 51.4 Å². The molecule has 21 heavy (non-hydrogen) atoms. The van der Waals surface area contributed by atoms with E-state index >= 15 is 0 Å². The van der Waals surface area contributed by atoms with E-state index in [1.807, 2.05) is 0 Å². The van der Waals surface area contributed by atoms with Crippen molar-refractivity contribution in [1.29, 1.82) is 0 Å². The van der Waals surface area contributed by atoms with Crippen LogP contribution in [0.5, 0.6) is 0 Å². The van der Waals surface area contributed by atoms with Crippen molar-refractivity contribution >= 4 is 37.5 Å². The average Bonchev–Trinajstić information content (AvgIpc) is 2.45. The fourth-order valence-corrected chi connectivity index (χ4v) is 3.63. The van der Waals surface area contributed by atoms with Gasteiger partial charge in [-0.1, -0.05) is 50.9 Å². The third-order valence-electron chi connectivity index (χ3n) is 4.29. The molecule has 1 N–H and O–H groups in total. The Morgan fingerprint density at radius 1 is 1.00 bits per heavy atom. The van der Waals surface area contributed by atoms with Crippen molar-refractivity contribution < 1.29 is 0 Å². The van der Waals surface area contributed by atoms with Gasteiger partial charge in [0.15, 0.2) is 0 Å². The third-order valence-corrected chi connectivity index (χ3v) is 5.31. The van der Waals surface area contributed by atoms with Crippen LogP contribution in [0.1, 0.15) is 36.8 Å². The smallest absolute Gasteiger partial charge is 0.0375 e. The maximum Gasteiger partial charge on any atom is 0.0375 e. The predicted octanol–water partition coefficient (Wildman–Crippen LogP) is 6.13. The number of rotatable bonds is 4. The van der Waals surface area contributed by atoms with Gasteiger partial charge in [-0.3, -0.25) is 0 Å². The first kappa shape index (κ1) is 15.1. The summed E-state index contributed by atoms with van der Waals surface area (Å²) in [6.45, 7) is 2.21. The second-order valence-corrected chi connectivity index (χ2v) is 7.55. The SMILES string of the molecule is CCc1cc(Br)ccc1NC1CC(c2ccc(Br)cc2)C1. The molecule has 2 aromatic carbocycles. The number of hydrogen-bond acceptors (Lipinski definition) is 1. The van der Waals surface area contributed by atoms with Gasteiger partial charge < -0.3 is 5.32 Å². The highest BCUT2D eigenvalue weighted by atomic mass is 79.9. The van der Waals surface area contributed by atoms with Crippen molar-refractivity contribution in [2.75, 3.05) is 5.32 Å².